The van der Waals surface area contributed by atoms with Gasteiger partial charge >= 0.3 is 0 Å². The van der Waals surface area contributed by atoms with Gasteiger partial charge in [-0.05, 0) is 30.5 Å². The summed E-state index contributed by atoms with van der Waals surface area (Å²) < 4.78 is 4.96. The summed E-state index contributed by atoms with van der Waals surface area (Å²) in [5, 5.41) is 8.87. The maximum atomic E-state index is 8.87. The third-order valence-corrected chi connectivity index (χ3v) is 2.64. The molecule has 0 saturated heterocycles. The van der Waals surface area contributed by atoms with Crippen LogP contribution >= 0.6 is 0 Å². The van der Waals surface area contributed by atoms with E-state index in [4.69, 9.17) is 15.6 Å². The van der Waals surface area contributed by atoms with Gasteiger partial charge in [0.1, 0.15) is 0 Å². The molecule has 0 aliphatic carbocycles. The number of methoxy groups -OCH3 is 1. The highest BCUT2D eigenvalue weighted by Gasteiger charge is 2.04. The fourth-order valence-corrected chi connectivity index (χ4v) is 1.62. The average Bonchev–Trinajstić information content (AvgIpc) is 2.39. The Morgan fingerprint density at radius 1 is 1.44 bits per heavy atom. The molecule has 1 aromatic rings. The molecule has 0 saturated carbocycles. The Balaban J connectivity index is 2.58. The van der Waals surface area contributed by atoms with E-state index in [-0.39, 0.29) is 12.6 Å². The van der Waals surface area contributed by atoms with Crippen LogP contribution in [0.25, 0.3) is 0 Å². The maximum absolute atomic E-state index is 8.87. The molecular weight excluding hydrogens is 226 g/mol. The number of rotatable bonds is 6. The number of aliphatic hydroxyl groups excluding tert-OH is 1. The number of nitrogens with two attached hydrogens (primary N) is 1. The van der Waals surface area contributed by atoms with Gasteiger partial charge in [-0.2, -0.15) is 0 Å². The van der Waals surface area contributed by atoms with Crippen LogP contribution in [0.15, 0.2) is 24.3 Å². The van der Waals surface area contributed by atoms with Crippen LogP contribution in [-0.4, -0.2) is 25.4 Å². The summed E-state index contributed by atoms with van der Waals surface area (Å²) in [6.45, 7) is 0.851. The van der Waals surface area contributed by atoms with E-state index in [1.807, 2.05) is 24.3 Å². The van der Waals surface area contributed by atoms with Crippen molar-refractivity contribution >= 4 is 0 Å². The Bertz CT molecular complexity index is 406. The van der Waals surface area contributed by atoms with Gasteiger partial charge < -0.3 is 15.6 Å². The van der Waals surface area contributed by atoms with Crippen LogP contribution in [-0.2, 0) is 4.74 Å². The van der Waals surface area contributed by atoms with Crippen LogP contribution in [0.3, 0.4) is 0 Å². The Hall–Kier alpha value is -1.34. The summed E-state index contributed by atoms with van der Waals surface area (Å²) in [5.74, 6) is 6.23. The van der Waals surface area contributed by atoms with Crippen molar-refractivity contribution in [2.75, 3.05) is 20.3 Å². The normalized spacial score (nSPS) is 11.7. The zero-order chi connectivity index (χ0) is 13.2. The molecule has 0 heterocycles. The second-order valence-electron chi connectivity index (χ2n) is 4.14. The van der Waals surface area contributed by atoms with Crippen LogP contribution < -0.4 is 5.73 Å². The van der Waals surface area contributed by atoms with Gasteiger partial charge in [-0.3, -0.25) is 0 Å². The summed E-state index contributed by atoms with van der Waals surface area (Å²) in [4.78, 5) is 0. The maximum Gasteiger partial charge on any atom is 0.0471 e. The fraction of sp³-hybridized carbons (Fsp3) is 0.467. The number of benzene rings is 1. The Morgan fingerprint density at radius 3 is 3.00 bits per heavy atom. The first kappa shape index (κ1) is 14.7. The first-order valence-electron chi connectivity index (χ1n) is 6.22. The van der Waals surface area contributed by atoms with Gasteiger partial charge in [-0.25, -0.2) is 0 Å². The smallest absolute Gasteiger partial charge is 0.0471 e. The standard InChI is InChI=1S/C15H21NO2/c1-18-11-4-2-3-6-13-7-5-8-14(12-13)15(16)9-10-17/h5,7-8,12,15,17H,2,4,9-11,16H2,1H3. The van der Waals surface area contributed by atoms with E-state index in [1.165, 1.54) is 0 Å². The van der Waals surface area contributed by atoms with Crippen molar-refractivity contribution in [2.24, 2.45) is 5.73 Å². The molecule has 0 bridgehead atoms. The van der Waals surface area contributed by atoms with Crippen LogP contribution in [0.4, 0.5) is 0 Å². The lowest BCUT2D eigenvalue weighted by atomic mass is 10.0. The van der Waals surface area contributed by atoms with Gasteiger partial charge in [0.05, 0.1) is 0 Å². The summed E-state index contributed by atoms with van der Waals surface area (Å²) >= 11 is 0. The second kappa shape index (κ2) is 8.71. The molecule has 98 valence electrons. The summed E-state index contributed by atoms with van der Waals surface area (Å²) in [7, 11) is 1.69. The zero-order valence-electron chi connectivity index (χ0n) is 10.9. The fourth-order valence-electron chi connectivity index (χ4n) is 1.62. The van der Waals surface area contributed by atoms with Crippen molar-refractivity contribution in [2.45, 2.75) is 25.3 Å². The summed E-state index contributed by atoms with van der Waals surface area (Å²) in [6.07, 6.45) is 2.36. The van der Waals surface area contributed by atoms with Crippen LogP contribution in [0, 0.1) is 11.8 Å². The second-order valence-corrected chi connectivity index (χ2v) is 4.14. The average molecular weight is 247 g/mol. The molecule has 3 heteroatoms. The lowest BCUT2D eigenvalue weighted by Crippen LogP contribution is -2.11. The first-order valence-corrected chi connectivity index (χ1v) is 6.22. The Labute approximate surface area is 109 Å². The van der Waals surface area contributed by atoms with Crippen molar-refractivity contribution in [1.82, 2.24) is 0 Å². The van der Waals surface area contributed by atoms with E-state index < -0.39 is 0 Å². The molecule has 1 atom stereocenters. The molecule has 0 radical (unpaired) electrons. The molecule has 0 aliphatic heterocycles. The molecule has 3 nitrogen and oxygen atoms in total. The van der Waals surface area contributed by atoms with Gasteiger partial charge in [0.25, 0.3) is 0 Å². The Morgan fingerprint density at radius 2 is 2.28 bits per heavy atom. The quantitative estimate of drug-likeness (QED) is 0.596. The van der Waals surface area contributed by atoms with Crippen molar-refractivity contribution in [3.63, 3.8) is 0 Å². The lowest BCUT2D eigenvalue weighted by Gasteiger charge is -2.10. The zero-order valence-corrected chi connectivity index (χ0v) is 10.9. The minimum atomic E-state index is -0.120. The van der Waals surface area contributed by atoms with Crippen molar-refractivity contribution in [1.29, 1.82) is 0 Å². The molecule has 0 spiro atoms. The molecule has 3 N–H and O–H groups in total. The van der Waals surface area contributed by atoms with Crippen molar-refractivity contribution in [3.05, 3.63) is 35.4 Å². The topological polar surface area (TPSA) is 55.5 Å². The number of hydrogen-bond acceptors (Lipinski definition) is 3. The molecule has 18 heavy (non-hydrogen) atoms. The van der Waals surface area contributed by atoms with Gasteiger partial charge in [0.15, 0.2) is 0 Å². The number of aliphatic hydroxyl groups is 1. The monoisotopic (exact) mass is 247 g/mol. The van der Waals surface area contributed by atoms with E-state index in [0.717, 1.165) is 30.6 Å². The number of hydrogen-bond donors (Lipinski definition) is 2. The third-order valence-electron chi connectivity index (χ3n) is 2.64. The van der Waals surface area contributed by atoms with Crippen molar-refractivity contribution < 1.29 is 9.84 Å². The molecule has 0 fully saturated rings. The minimum Gasteiger partial charge on any atom is -0.396 e. The van der Waals surface area contributed by atoms with Gasteiger partial charge in [-0.15, -0.1) is 0 Å². The number of unbranched alkanes of at least 4 members (excludes halogenated alkanes) is 1. The predicted octanol–water partition coefficient (Wildman–Crippen LogP) is 1.85. The summed E-state index contributed by atoms with van der Waals surface area (Å²) in [6, 6.07) is 7.76. The van der Waals surface area contributed by atoms with Crippen LogP contribution in [0.5, 0.6) is 0 Å². The van der Waals surface area contributed by atoms with Gasteiger partial charge in [-0.1, -0.05) is 24.0 Å². The lowest BCUT2D eigenvalue weighted by molar-refractivity contribution is 0.196. The molecule has 1 unspecified atom stereocenters. The molecule has 1 aromatic carbocycles. The minimum absolute atomic E-state index is 0.105. The predicted molar refractivity (Wildman–Crippen MR) is 73.1 cm³/mol. The molecule has 0 aliphatic rings. The van der Waals surface area contributed by atoms with Crippen LogP contribution in [0.2, 0.25) is 0 Å². The SMILES string of the molecule is COCCCC#Cc1cccc(C(N)CCO)c1. The molecular formula is C15H21NO2. The van der Waals surface area contributed by atoms with E-state index in [1.54, 1.807) is 7.11 Å². The molecule has 0 aromatic heterocycles. The highest BCUT2D eigenvalue weighted by molar-refractivity contribution is 5.38. The largest absolute Gasteiger partial charge is 0.396 e. The highest BCUT2D eigenvalue weighted by atomic mass is 16.5. The van der Waals surface area contributed by atoms with Crippen LogP contribution in [0.1, 0.15) is 36.4 Å². The van der Waals surface area contributed by atoms with E-state index in [0.29, 0.717) is 6.42 Å². The van der Waals surface area contributed by atoms with E-state index in [2.05, 4.69) is 11.8 Å². The van der Waals surface area contributed by atoms with E-state index in [9.17, 15) is 0 Å². The van der Waals surface area contributed by atoms with Gasteiger partial charge in [0, 0.05) is 38.3 Å². The highest BCUT2D eigenvalue weighted by Crippen LogP contribution is 2.14. The Kier molecular flexibility index (Phi) is 7.12. The van der Waals surface area contributed by atoms with Gasteiger partial charge in [0.2, 0.25) is 0 Å². The number of ether oxygens (including phenoxy) is 1. The third kappa shape index (κ3) is 5.33. The van der Waals surface area contributed by atoms with Crippen molar-refractivity contribution in [3.8, 4) is 11.8 Å². The van der Waals surface area contributed by atoms with E-state index >= 15 is 0 Å². The summed E-state index contributed by atoms with van der Waals surface area (Å²) in [5.41, 5.74) is 7.94. The molecule has 0 amide bonds. The first-order chi connectivity index (χ1) is 8.77. The molecule has 1 rings (SSSR count).